The van der Waals surface area contributed by atoms with Gasteiger partial charge in [0.25, 0.3) is 11.8 Å². The maximum atomic E-state index is 12.2. The molecule has 1 aromatic heterocycles. The molecule has 29 heavy (non-hydrogen) atoms. The topological polar surface area (TPSA) is 112 Å². The van der Waals surface area contributed by atoms with E-state index < -0.39 is 23.2 Å². The molecule has 3 rings (SSSR count). The van der Waals surface area contributed by atoms with Crippen molar-refractivity contribution in [3.63, 3.8) is 0 Å². The van der Waals surface area contributed by atoms with Crippen LogP contribution in [0.15, 0.2) is 30.7 Å². The van der Waals surface area contributed by atoms with E-state index in [9.17, 15) is 9.59 Å². The average molecular weight is 423 g/mol. The molecule has 1 N–H and O–H groups in total. The highest BCUT2D eigenvalue weighted by atomic mass is 35.5. The standard InChI is InChI=1S/C18H19ClN4O6/c1-26-11-6-10(7-12(27-2)17(11)28-3)16-15(19)18(25)23(16)22-13(24)9-29-14-8-20-4-5-21-14/h4-8,15-16H,9H2,1-3H3,(H,22,24). The van der Waals surface area contributed by atoms with Crippen LogP contribution < -0.4 is 24.4 Å². The van der Waals surface area contributed by atoms with Crippen molar-refractivity contribution in [1.82, 2.24) is 20.4 Å². The summed E-state index contributed by atoms with van der Waals surface area (Å²) in [6.07, 6.45) is 4.29. The molecule has 10 nitrogen and oxygen atoms in total. The number of carbonyl (C=O) groups is 2. The molecule has 0 spiro atoms. The summed E-state index contributed by atoms with van der Waals surface area (Å²) < 4.78 is 21.2. The first-order valence-corrected chi connectivity index (χ1v) is 8.89. The third-order valence-corrected chi connectivity index (χ3v) is 4.62. The van der Waals surface area contributed by atoms with E-state index in [1.165, 1.54) is 39.9 Å². The van der Waals surface area contributed by atoms with E-state index in [0.29, 0.717) is 22.8 Å². The summed E-state index contributed by atoms with van der Waals surface area (Å²) in [5, 5.41) is 0.278. The molecule has 11 heteroatoms. The van der Waals surface area contributed by atoms with Crippen molar-refractivity contribution in [3.8, 4) is 23.1 Å². The zero-order chi connectivity index (χ0) is 21.0. The Kier molecular flexibility index (Phi) is 6.23. The zero-order valence-electron chi connectivity index (χ0n) is 15.9. The highest BCUT2D eigenvalue weighted by Crippen LogP contribution is 2.44. The van der Waals surface area contributed by atoms with Gasteiger partial charge in [-0.05, 0) is 17.7 Å². The highest BCUT2D eigenvalue weighted by Gasteiger charge is 2.49. The van der Waals surface area contributed by atoms with E-state index in [1.807, 2.05) is 0 Å². The summed E-state index contributed by atoms with van der Waals surface area (Å²) >= 11 is 6.21. The minimum atomic E-state index is -0.862. The van der Waals surface area contributed by atoms with Crippen molar-refractivity contribution >= 4 is 23.4 Å². The molecular weight excluding hydrogens is 404 g/mol. The van der Waals surface area contributed by atoms with Gasteiger partial charge in [0, 0.05) is 12.4 Å². The van der Waals surface area contributed by atoms with E-state index in [1.54, 1.807) is 12.1 Å². The Morgan fingerprint density at radius 2 is 1.86 bits per heavy atom. The van der Waals surface area contributed by atoms with Crippen LogP contribution in [-0.4, -0.2) is 60.1 Å². The van der Waals surface area contributed by atoms with Crippen molar-refractivity contribution in [3.05, 3.63) is 36.3 Å². The van der Waals surface area contributed by atoms with E-state index in [4.69, 9.17) is 30.5 Å². The number of hydrazine groups is 1. The molecule has 2 atom stereocenters. The molecule has 2 aromatic rings. The fraction of sp³-hybridized carbons (Fsp3) is 0.333. The number of alkyl halides is 1. The molecular formula is C18H19ClN4O6. The molecule has 2 unspecified atom stereocenters. The number of ether oxygens (including phenoxy) is 4. The smallest absolute Gasteiger partial charge is 0.276 e. The van der Waals surface area contributed by atoms with Gasteiger partial charge in [-0.3, -0.25) is 20.0 Å². The van der Waals surface area contributed by atoms with Crippen molar-refractivity contribution in [2.24, 2.45) is 0 Å². The van der Waals surface area contributed by atoms with Gasteiger partial charge in [-0.25, -0.2) is 9.99 Å². The lowest BCUT2D eigenvalue weighted by Gasteiger charge is -2.44. The number of halogens is 1. The van der Waals surface area contributed by atoms with E-state index >= 15 is 0 Å². The van der Waals surface area contributed by atoms with Crippen LogP contribution in [0.5, 0.6) is 23.1 Å². The monoisotopic (exact) mass is 422 g/mol. The van der Waals surface area contributed by atoms with E-state index in [0.717, 1.165) is 5.01 Å². The normalized spacial score (nSPS) is 17.9. The van der Waals surface area contributed by atoms with Gasteiger partial charge in [0.05, 0.1) is 27.5 Å². The molecule has 2 heterocycles. The third kappa shape index (κ3) is 4.11. The molecule has 0 bridgehead atoms. The quantitative estimate of drug-likeness (QED) is 0.497. The fourth-order valence-corrected chi connectivity index (χ4v) is 3.20. The van der Waals surface area contributed by atoms with Crippen molar-refractivity contribution in [2.75, 3.05) is 27.9 Å². The number of hydrogen-bond donors (Lipinski definition) is 1. The maximum absolute atomic E-state index is 12.2. The second kappa shape index (κ2) is 8.82. The van der Waals surface area contributed by atoms with Crippen LogP contribution >= 0.6 is 11.6 Å². The molecule has 1 saturated heterocycles. The van der Waals surface area contributed by atoms with Gasteiger partial charge >= 0.3 is 0 Å². The number of nitrogens with zero attached hydrogens (tertiary/aromatic N) is 3. The first-order chi connectivity index (χ1) is 14.0. The lowest BCUT2D eigenvalue weighted by molar-refractivity contribution is -0.157. The number of benzene rings is 1. The van der Waals surface area contributed by atoms with Gasteiger partial charge in [0.1, 0.15) is 11.4 Å². The Bertz CT molecular complexity index is 872. The van der Waals surface area contributed by atoms with Gasteiger partial charge in [-0.1, -0.05) is 0 Å². The summed E-state index contributed by atoms with van der Waals surface area (Å²) in [6, 6.07) is 2.71. The first-order valence-electron chi connectivity index (χ1n) is 8.45. The minimum Gasteiger partial charge on any atom is -0.493 e. The van der Waals surface area contributed by atoms with Crippen LogP contribution in [-0.2, 0) is 9.59 Å². The van der Waals surface area contributed by atoms with Crippen LogP contribution in [0.25, 0.3) is 0 Å². The lowest BCUT2D eigenvalue weighted by Crippen LogP contribution is -2.63. The number of rotatable bonds is 8. The fourth-order valence-electron chi connectivity index (χ4n) is 2.83. The third-order valence-electron chi connectivity index (χ3n) is 4.19. The van der Waals surface area contributed by atoms with Crippen molar-refractivity contribution < 1.29 is 28.5 Å². The summed E-state index contributed by atoms with van der Waals surface area (Å²) in [5.41, 5.74) is 3.10. The van der Waals surface area contributed by atoms with Crippen LogP contribution in [0.1, 0.15) is 11.6 Å². The Labute approximate surface area is 171 Å². The van der Waals surface area contributed by atoms with Gasteiger partial charge in [-0.2, -0.15) is 0 Å². The number of carbonyl (C=O) groups excluding carboxylic acids is 2. The highest BCUT2D eigenvalue weighted by molar-refractivity contribution is 6.33. The largest absolute Gasteiger partial charge is 0.493 e. The number of nitrogens with one attached hydrogen (secondary N) is 1. The summed E-state index contributed by atoms with van der Waals surface area (Å²) in [5.74, 6) is 0.408. The second-order valence-corrected chi connectivity index (χ2v) is 6.35. The van der Waals surface area contributed by atoms with Crippen LogP contribution in [0.4, 0.5) is 0 Å². The molecule has 2 amide bonds. The van der Waals surface area contributed by atoms with Crippen LogP contribution in [0.3, 0.4) is 0 Å². The Morgan fingerprint density at radius 1 is 1.17 bits per heavy atom. The molecule has 1 aromatic carbocycles. The predicted octanol–water partition coefficient (Wildman–Crippen LogP) is 1.10. The predicted molar refractivity (Wildman–Crippen MR) is 101 cm³/mol. The Morgan fingerprint density at radius 3 is 2.41 bits per heavy atom. The molecule has 1 aliphatic heterocycles. The molecule has 1 fully saturated rings. The lowest BCUT2D eigenvalue weighted by atomic mass is 9.94. The number of β-lactam (4-membered cyclic amide) rings is 1. The van der Waals surface area contributed by atoms with E-state index in [-0.39, 0.29) is 12.5 Å². The molecule has 154 valence electrons. The van der Waals surface area contributed by atoms with Crippen molar-refractivity contribution in [1.29, 1.82) is 0 Å². The Hall–Kier alpha value is -3.27. The zero-order valence-corrected chi connectivity index (χ0v) is 16.7. The molecule has 0 aliphatic carbocycles. The van der Waals surface area contributed by atoms with Crippen LogP contribution in [0, 0.1) is 0 Å². The van der Waals surface area contributed by atoms with Crippen LogP contribution in [0.2, 0.25) is 0 Å². The SMILES string of the molecule is COc1cc(C2C(Cl)C(=O)N2NC(=O)COc2cnccn2)cc(OC)c1OC. The number of hydrogen-bond acceptors (Lipinski definition) is 8. The minimum absolute atomic E-state index is 0.189. The average Bonchev–Trinajstić information content (AvgIpc) is 2.76. The van der Waals surface area contributed by atoms with Crippen molar-refractivity contribution in [2.45, 2.75) is 11.4 Å². The molecule has 0 radical (unpaired) electrons. The number of amides is 2. The van der Waals surface area contributed by atoms with Gasteiger partial charge in [0.15, 0.2) is 18.1 Å². The maximum Gasteiger partial charge on any atom is 0.276 e. The van der Waals surface area contributed by atoms with Gasteiger partial charge in [-0.15, -0.1) is 11.6 Å². The summed E-state index contributed by atoms with van der Waals surface area (Å²) in [6.45, 7) is -0.350. The van der Waals surface area contributed by atoms with Gasteiger partial charge < -0.3 is 18.9 Å². The molecule has 0 saturated carbocycles. The second-order valence-electron chi connectivity index (χ2n) is 5.88. The van der Waals surface area contributed by atoms with E-state index in [2.05, 4.69) is 15.4 Å². The summed E-state index contributed by atoms with van der Waals surface area (Å²) in [7, 11) is 4.45. The number of aromatic nitrogens is 2. The summed E-state index contributed by atoms with van der Waals surface area (Å²) in [4.78, 5) is 32.2. The number of methoxy groups -OCH3 is 3. The van der Waals surface area contributed by atoms with Gasteiger partial charge in [0.2, 0.25) is 11.6 Å². The Balaban J connectivity index is 1.75. The molecule has 1 aliphatic rings. The first kappa shape index (κ1) is 20.5.